The van der Waals surface area contributed by atoms with Crippen molar-refractivity contribution in [3.63, 3.8) is 0 Å². The van der Waals surface area contributed by atoms with Gasteiger partial charge in [-0.1, -0.05) is 12.1 Å². The number of ether oxygens (including phenoxy) is 1. The van der Waals surface area contributed by atoms with E-state index in [-0.39, 0.29) is 6.54 Å². The molecule has 6 nitrogen and oxygen atoms in total. The van der Waals surface area contributed by atoms with Crippen molar-refractivity contribution in [1.82, 2.24) is 4.90 Å². The van der Waals surface area contributed by atoms with E-state index >= 15 is 0 Å². The smallest absolute Gasteiger partial charge is 0.294 e. The number of amides is 3. The second-order valence-corrected chi connectivity index (χ2v) is 7.92. The van der Waals surface area contributed by atoms with Crippen molar-refractivity contribution in [1.29, 1.82) is 0 Å². The summed E-state index contributed by atoms with van der Waals surface area (Å²) in [4.78, 5) is 39.4. The number of carbonyl (C=O) groups excluding carboxylic acids is 3. The Morgan fingerprint density at radius 1 is 1.14 bits per heavy atom. The van der Waals surface area contributed by atoms with Crippen LogP contribution in [0.2, 0.25) is 0 Å². The lowest BCUT2D eigenvalue weighted by Gasteiger charge is -2.12. The molecule has 1 saturated heterocycles. The van der Waals surface area contributed by atoms with Gasteiger partial charge in [0.1, 0.15) is 12.3 Å². The molecule has 8 heteroatoms. The average molecular weight is 429 g/mol. The van der Waals surface area contributed by atoms with Gasteiger partial charge in [0.2, 0.25) is 5.91 Å². The standard InChI is InChI=1S/C21H20N2O4S2/c1-3-27-16-8-6-15(7-9-16)22-19(24)13-23-20(25)18(29-21(23)26)12-14-4-10-17(28-2)11-5-14/h4-12H,3,13H2,1-2H3,(H,22,24)/b18-12+. The summed E-state index contributed by atoms with van der Waals surface area (Å²) in [6, 6.07) is 14.6. The largest absolute Gasteiger partial charge is 0.494 e. The quantitative estimate of drug-likeness (QED) is 0.518. The summed E-state index contributed by atoms with van der Waals surface area (Å²) in [5.74, 6) is -0.204. The molecule has 1 fully saturated rings. The van der Waals surface area contributed by atoms with Gasteiger partial charge in [-0.05, 0) is 73.0 Å². The zero-order valence-corrected chi connectivity index (χ0v) is 17.6. The number of thioether (sulfide) groups is 2. The van der Waals surface area contributed by atoms with Crippen LogP contribution in [0.3, 0.4) is 0 Å². The minimum absolute atomic E-state index is 0.306. The lowest BCUT2D eigenvalue weighted by atomic mass is 10.2. The number of hydrogen-bond acceptors (Lipinski definition) is 6. The highest BCUT2D eigenvalue weighted by molar-refractivity contribution is 8.18. The third-order valence-electron chi connectivity index (χ3n) is 4.04. The lowest BCUT2D eigenvalue weighted by Crippen LogP contribution is -2.36. The zero-order valence-electron chi connectivity index (χ0n) is 16.0. The molecule has 0 bridgehead atoms. The highest BCUT2D eigenvalue weighted by Crippen LogP contribution is 2.32. The third kappa shape index (κ3) is 5.42. The van der Waals surface area contributed by atoms with Gasteiger partial charge in [0.05, 0.1) is 11.5 Å². The number of carbonyl (C=O) groups is 3. The Bertz CT molecular complexity index is 940. The molecule has 0 atom stereocenters. The Morgan fingerprint density at radius 3 is 2.45 bits per heavy atom. The summed E-state index contributed by atoms with van der Waals surface area (Å²) in [5, 5.41) is 2.23. The van der Waals surface area contributed by atoms with E-state index in [2.05, 4.69) is 5.32 Å². The molecule has 0 radical (unpaired) electrons. The van der Waals surface area contributed by atoms with E-state index in [1.54, 1.807) is 42.1 Å². The first kappa shape index (κ1) is 21.0. The van der Waals surface area contributed by atoms with Crippen molar-refractivity contribution in [2.75, 3.05) is 24.7 Å². The topological polar surface area (TPSA) is 75.7 Å². The summed E-state index contributed by atoms with van der Waals surface area (Å²) < 4.78 is 5.35. The van der Waals surface area contributed by atoms with Crippen molar-refractivity contribution in [2.45, 2.75) is 11.8 Å². The maximum Gasteiger partial charge on any atom is 0.294 e. The monoisotopic (exact) mass is 428 g/mol. The average Bonchev–Trinajstić information content (AvgIpc) is 2.97. The predicted molar refractivity (Wildman–Crippen MR) is 117 cm³/mol. The van der Waals surface area contributed by atoms with Crippen LogP contribution in [0, 0.1) is 0 Å². The molecule has 0 spiro atoms. The molecular weight excluding hydrogens is 408 g/mol. The van der Waals surface area contributed by atoms with Crippen LogP contribution < -0.4 is 10.1 Å². The SMILES string of the molecule is CCOc1ccc(NC(=O)CN2C(=O)S/C(=C/c3ccc(SC)cc3)C2=O)cc1. The molecule has 1 heterocycles. The van der Waals surface area contributed by atoms with E-state index in [1.165, 1.54) is 0 Å². The summed E-state index contributed by atoms with van der Waals surface area (Å²) >= 11 is 2.46. The number of hydrogen-bond donors (Lipinski definition) is 1. The van der Waals surface area contributed by atoms with E-state index in [1.807, 2.05) is 37.4 Å². The highest BCUT2D eigenvalue weighted by Gasteiger charge is 2.36. The molecule has 29 heavy (non-hydrogen) atoms. The van der Waals surface area contributed by atoms with Crippen molar-refractivity contribution < 1.29 is 19.1 Å². The van der Waals surface area contributed by atoms with Crippen LogP contribution in [0.15, 0.2) is 58.3 Å². The Morgan fingerprint density at radius 2 is 1.83 bits per heavy atom. The molecular formula is C21H20N2O4S2. The van der Waals surface area contributed by atoms with Gasteiger partial charge in [0.25, 0.3) is 11.1 Å². The number of rotatable bonds is 7. The van der Waals surface area contributed by atoms with Crippen LogP contribution in [-0.2, 0) is 9.59 Å². The molecule has 2 aromatic rings. The molecule has 0 saturated carbocycles. The van der Waals surface area contributed by atoms with Crippen LogP contribution in [0.1, 0.15) is 12.5 Å². The second-order valence-electron chi connectivity index (χ2n) is 6.05. The molecule has 2 aromatic carbocycles. The normalized spacial score (nSPS) is 15.1. The van der Waals surface area contributed by atoms with E-state index in [0.717, 1.165) is 27.1 Å². The summed E-state index contributed by atoms with van der Waals surface area (Å²) in [6.07, 6.45) is 3.65. The maximum atomic E-state index is 12.6. The predicted octanol–water partition coefficient (Wildman–Crippen LogP) is 4.48. The molecule has 1 aliphatic rings. The van der Waals surface area contributed by atoms with Gasteiger partial charge in [-0.25, -0.2) is 0 Å². The first-order chi connectivity index (χ1) is 14.0. The van der Waals surface area contributed by atoms with Crippen LogP contribution >= 0.6 is 23.5 Å². The number of imide groups is 1. The molecule has 3 amide bonds. The van der Waals surface area contributed by atoms with Crippen LogP contribution in [0.4, 0.5) is 10.5 Å². The van der Waals surface area contributed by atoms with E-state index in [0.29, 0.717) is 22.9 Å². The van der Waals surface area contributed by atoms with Gasteiger partial charge in [0.15, 0.2) is 0 Å². The maximum absolute atomic E-state index is 12.6. The van der Waals surface area contributed by atoms with Gasteiger partial charge in [-0.15, -0.1) is 11.8 Å². The van der Waals surface area contributed by atoms with Crippen molar-refractivity contribution in [2.24, 2.45) is 0 Å². The minimum atomic E-state index is -0.462. The number of anilines is 1. The first-order valence-corrected chi connectivity index (χ1v) is 11.0. The Balaban J connectivity index is 1.63. The van der Waals surface area contributed by atoms with Gasteiger partial charge in [-0.2, -0.15) is 0 Å². The van der Waals surface area contributed by atoms with E-state index < -0.39 is 17.1 Å². The second kappa shape index (κ2) is 9.67. The molecule has 3 rings (SSSR count). The highest BCUT2D eigenvalue weighted by atomic mass is 32.2. The minimum Gasteiger partial charge on any atom is -0.494 e. The molecule has 0 aromatic heterocycles. The molecule has 150 valence electrons. The Labute approximate surface area is 177 Å². The fourth-order valence-corrected chi connectivity index (χ4v) is 3.88. The lowest BCUT2D eigenvalue weighted by molar-refractivity contribution is -0.127. The van der Waals surface area contributed by atoms with Crippen LogP contribution in [0.5, 0.6) is 5.75 Å². The third-order valence-corrected chi connectivity index (χ3v) is 5.69. The summed E-state index contributed by atoms with van der Waals surface area (Å²) in [6.45, 7) is 2.11. The molecule has 0 unspecified atom stereocenters. The summed E-state index contributed by atoms with van der Waals surface area (Å²) in [7, 11) is 0. The van der Waals surface area contributed by atoms with Crippen molar-refractivity contribution in [3.05, 3.63) is 59.0 Å². The Hall–Kier alpha value is -2.71. The molecule has 1 aliphatic heterocycles. The fourth-order valence-electron chi connectivity index (χ4n) is 2.63. The van der Waals surface area contributed by atoms with Crippen molar-refractivity contribution in [3.8, 4) is 5.75 Å². The fraction of sp³-hybridized carbons (Fsp3) is 0.190. The number of benzene rings is 2. The van der Waals surface area contributed by atoms with E-state index in [9.17, 15) is 14.4 Å². The number of nitrogens with one attached hydrogen (secondary N) is 1. The van der Waals surface area contributed by atoms with Gasteiger partial charge >= 0.3 is 0 Å². The van der Waals surface area contributed by atoms with Crippen LogP contribution in [0.25, 0.3) is 6.08 Å². The van der Waals surface area contributed by atoms with Crippen LogP contribution in [-0.4, -0.2) is 41.4 Å². The Kier molecular flexibility index (Phi) is 7.00. The molecule has 1 N–H and O–H groups in total. The first-order valence-electron chi connectivity index (χ1n) is 8.92. The van der Waals surface area contributed by atoms with Gasteiger partial charge < -0.3 is 10.1 Å². The van der Waals surface area contributed by atoms with E-state index in [4.69, 9.17) is 4.74 Å². The summed E-state index contributed by atoms with van der Waals surface area (Å²) in [5.41, 5.74) is 1.39. The van der Waals surface area contributed by atoms with Crippen molar-refractivity contribution >= 4 is 52.3 Å². The number of nitrogens with zero attached hydrogens (tertiary/aromatic N) is 1. The van der Waals surface area contributed by atoms with Gasteiger partial charge in [-0.3, -0.25) is 19.3 Å². The molecule has 0 aliphatic carbocycles. The van der Waals surface area contributed by atoms with Gasteiger partial charge in [0, 0.05) is 10.6 Å². The zero-order chi connectivity index (χ0) is 20.8.